The Morgan fingerprint density at radius 2 is 1.16 bits per heavy atom. The molecule has 2 heterocycles. The lowest BCUT2D eigenvalue weighted by Gasteiger charge is -1.99. The number of aromatic nitrogens is 2. The van der Waals surface area contributed by atoms with Gasteiger partial charge >= 0.3 is 11.9 Å². The van der Waals surface area contributed by atoms with E-state index in [0.29, 0.717) is 23.2 Å². The standard InChI is InChI=1S/C14H11NO3.C8H6O3.C6H7NO/c16-13(12-6-3-9-15-12)8-7-10-4-1-2-5-11(10)14(17)18;9-5-6-3-1-2-4-7(6)8(10)11;1-5(8)6-3-2-4-7-6/h1-9,15H,(H,17,18);1-5H,(H,10,11);2-4,7H,1H3/b8-7+;;. The first-order valence-corrected chi connectivity index (χ1v) is 10.8. The number of aromatic carboxylic acids is 2. The first-order valence-electron chi connectivity index (χ1n) is 10.8. The van der Waals surface area contributed by atoms with Crippen molar-refractivity contribution in [3.8, 4) is 0 Å². The van der Waals surface area contributed by atoms with Crippen LogP contribution in [0.3, 0.4) is 0 Å². The molecule has 4 aromatic rings. The van der Waals surface area contributed by atoms with Gasteiger partial charge in [-0.3, -0.25) is 14.4 Å². The fourth-order valence-corrected chi connectivity index (χ4v) is 2.92. The van der Waals surface area contributed by atoms with E-state index in [1.807, 2.05) is 0 Å². The van der Waals surface area contributed by atoms with Crippen molar-refractivity contribution in [3.63, 3.8) is 0 Å². The highest BCUT2D eigenvalue weighted by atomic mass is 16.4. The summed E-state index contributed by atoms with van der Waals surface area (Å²) in [6.45, 7) is 1.53. The minimum absolute atomic E-state index is 0.0440. The van der Waals surface area contributed by atoms with Gasteiger partial charge in [0.25, 0.3) is 0 Å². The molecule has 0 fully saturated rings. The lowest BCUT2D eigenvalue weighted by molar-refractivity contribution is 0.0685. The summed E-state index contributed by atoms with van der Waals surface area (Å²) in [4.78, 5) is 59.4. The molecule has 4 rings (SSSR count). The summed E-state index contributed by atoms with van der Waals surface area (Å²) in [5, 5.41) is 17.5. The number of nitrogens with one attached hydrogen (secondary N) is 2. The molecule has 0 radical (unpaired) electrons. The molecule has 188 valence electrons. The molecule has 0 aliphatic rings. The first kappa shape index (κ1) is 27.9. The van der Waals surface area contributed by atoms with E-state index in [2.05, 4.69) is 9.97 Å². The Kier molecular flexibility index (Phi) is 10.7. The molecule has 0 spiro atoms. The van der Waals surface area contributed by atoms with Crippen molar-refractivity contribution in [1.82, 2.24) is 9.97 Å². The molecule has 0 aliphatic carbocycles. The predicted octanol–water partition coefficient (Wildman–Crippen LogP) is 5.02. The first-order chi connectivity index (χ1) is 17.7. The summed E-state index contributed by atoms with van der Waals surface area (Å²) in [5.74, 6) is -2.20. The quantitative estimate of drug-likeness (QED) is 0.157. The number of aromatic amines is 2. The lowest BCUT2D eigenvalue weighted by atomic mass is 10.1. The van der Waals surface area contributed by atoms with Gasteiger partial charge in [0.1, 0.15) is 0 Å². The van der Waals surface area contributed by atoms with Gasteiger partial charge in [-0.25, -0.2) is 9.59 Å². The molecule has 0 saturated carbocycles. The van der Waals surface area contributed by atoms with Gasteiger partial charge in [0.2, 0.25) is 5.78 Å². The summed E-state index contributed by atoms with van der Waals surface area (Å²) in [6.07, 6.45) is 6.78. The second kappa shape index (κ2) is 14.2. The van der Waals surface area contributed by atoms with Crippen LogP contribution in [0.5, 0.6) is 0 Å². The molecule has 9 nitrogen and oxygen atoms in total. The molecular weight excluding hydrogens is 476 g/mol. The zero-order valence-electron chi connectivity index (χ0n) is 19.8. The SMILES string of the molecule is CC(=O)c1ccc[nH]1.O=C(/C=C/c1ccccc1C(=O)O)c1ccc[nH]1.O=Cc1ccccc1C(=O)O. The largest absolute Gasteiger partial charge is 0.478 e. The number of Topliss-reactive ketones (excluding diaryl/α,β-unsaturated/α-hetero) is 1. The molecule has 37 heavy (non-hydrogen) atoms. The van der Waals surface area contributed by atoms with Gasteiger partial charge in [-0.1, -0.05) is 42.5 Å². The van der Waals surface area contributed by atoms with Crippen molar-refractivity contribution in [2.24, 2.45) is 0 Å². The highest BCUT2D eigenvalue weighted by Crippen LogP contribution is 2.11. The van der Waals surface area contributed by atoms with Crippen LogP contribution in [0.1, 0.15) is 64.5 Å². The van der Waals surface area contributed by atoms with Crippen LogP contribution >= 0.6 is 0 Å². The van der Waals surface area contributed by atoms with Crippen molar-refractivity contribution < 1.29 is 34.2 Å². The number of carboxylic acids is 2. The highest BCUT2D eigenvalue weighted by molar-refractivity contribution is 6.06. The number of carbonyl (C=O) groups is 5. The van der Waals surface area contributed by atoms with Crippen LogP contribution in [0.15, 0.2) is 91.3 Å². The van der Waals surface area contributed by atoms with E-state index in [4.69, 9.17) is 10.2 Å². The number of allylic oxidation sites excluding steroid dienone is 1. The van der Waals surface area contributed by atoms with E-state index >= 15 is 0 Å². The van der Waals surface area contributed by atoms with Crippen molar-refractivity contribution >= 4 is 35.9 Å². The molecule has 0 amide bonds. The van der Waals surface area contributed by atoms with Crippen LogP contribution in [0.4, 0.5) is 0 Å². The van der Waals surface area contributed by atoms with Gasteiger partial charge < -0.3 is 20.2 Å². The maximum Gasteiger partial charge on any atom is 0.336 e. The second-order valence-corrected chi connectivity index (χ2v) is 7.32. The average molecular weight is 501 g/mol. The summed E-state index contributed by atoms with van der Waals surface area (Å²) in [6, 6.07) is 19.5. The van der Waals surface area contributed by atoms with E-state index in [0.717, 1.165) is 0 Å². The molecule has 0 saturated heterocycles. The summed E-state index contributed by atoms with van der Waals surface area (Å²) >= 11 is 0. The molecule has 0 bridgehead atoms. The van der Waals surface area contributed by atoms with Gasteiger partial charge in [0.05, 0.1) is 22.5 Å². The lowest BCUT2D eigenvalue weighted by Crippen LogP contribution is -2.00. The van der Waals surface area contributed by atoms with Gasteiger partial charge in [-0.15, -0.1) is 0 Å². The van der Waals surface area contributed by atoms with Gasteiger partial charge in [0, 0.05) is 24.9 Å². The third-order valence-electron chi connectivity index (χ3n) is 4.76. The van der Waals surface area contributed by atoms with Crippen LogP contribution in [-0.4, -0.2) is 50.0 Å². The number of rotatable bonds is 7. The third-order valence-corrected chi connectivity index (χ3v) is 4.76. The van der Waals surface area contributed by atoms with Crippen molar-refractivity contribution in [3.05, 3.63) is 125 Å². The fourth-order valence-electron chi connectivity index (χ4n) is 2.92. The van der Waals surface area contributed by atoms with Crippen LogP contribution in [0.25, 0.3) is 6.08 Å². The van der Waals surface area contributed by atoms with Crippen LogP contribution < -0.4 is 0 Å². The maximum atomic E-state index is 11.7. The van der Waals surface area contributed by atoms with E-state index in [1.54, 1.807) is 67.0 Å². The molecule has 0 unspecified atom stereocenters. The minimum atomic E-state index is -1.08. The number of benzene rings is 2. The molecule has 9 heteroatoms. The number of H-pyrrole nitrogens is 2. The van der Waals surface area contributed by atoms with E-state index in [9.17, 15) is 24.0 Å². The normalized spacial score (nSPS) is 9.86. The zero-order valence-corrected chi connectivity index (χ0v) is 19.8. The molecule has 4 N–H and O–H groups in total. The predicted molar refractivity (Wildman–Crippen MR) is 137 cm³/mol. The molecule has 0 atom stereocenters. The van der Waals surface area contributed by atoms with Gasteiger partial charge in [-0.05, 0) is 48.0 Å². The molecule has 2 aromatic heterocycles. The Labute approximate surface area is 212 Å². The Hall–Kier alpha value is -5.31. The minimum Gasteiger partial charge on any atom is -0.478 e. The van der Waals surface area contributed by atoms with E-state index < -0.39 is 11.9 Å². The maximum absolute atomic E-state index is 11.7. The Bertz CT molecular complexity index is 1390. The van der Waals surface area contributed by atoms with Crippen LogP contribution in [-0.2, 0) is 0 Å². The third kappa shape index (κ3) is 8.76. The van der Waals surface area contributed by atoms with Crippen molar-refractivity contribution in [2.75, 3.05) is 0 Å². The topological polar surface area (TPSA) is 157 Å². The monoisotopic (exact) mass is 500 g/mol. The second-order valence-electron chi connectivity index (χ2n) is 7.32. The van der Waals surface area contributed by atoms with Gasteiger partial charge in [-0.2, -0.15) is 0 Å². The summed E-state index contributed by atoms with van der Waals surface area (Å²) in [5.41, 5.74) is 2.07. The van der Waals surface area contributed by atoms with E-state index in [1.165, 1.54) is 37.3 Å². The number of carboxylic acid groups (broad SMARTS) is 2. The van der Waals surface area contributed by atoms with Crippen molar-refractivity contribution in [1.29, 1.82) is 0 Å². The molecule has 2 aromatic carbocycles. The Morgan fingerprint density at radius 1 is 0.676 bits per heavy atom. The highest BCUT2D eigenvalue weighted by Gasteiger charge is 2.08. The van der Waals surface area contributed by atoms with Crippen molar-refractivity contribution in [2.45, 2.75) is 6.92 Å². The number of carbonyl (C=O) groups excluding carboxylic acids is 3. The fraction of sp³-hybridized carbons (Fsp3) is 0.0357. The van der Waals surface area contributed by atoms with Crippen LogP contribution in [0.2, 0.25) is 0 Å². The molecular formula is C28H24N2O7. The van der Waals surface area contributed by atoms with Crippen LogP contribution in [0, 0.1) is 0 Å². The van der Waals surface area contributed by atoms with E-state index in [-0.39, 0.29) is 28.3 Å². The van der Waals surface area contributed by atoms with Gasteiger partial charge in [0.15, 0.2) is 12.1 Å². The number of hydrogen-bond acceptors (Lipinski definition) is 5. The summed E-state index contributed by atoms with van der Waals surface area (Å²) < 4.78 is 0. The average Bonchev–Trinajstić information content (AvgIpc) is 3.63. The number of hydrogen-bond donors (Lipinski definition) is 4. The number of aldehydes is 1. The zero-order chi connectivity index (χ0) is 27.2. The Balaban J connectivity index is 0.000000215. The Morgan fingerprint density at radius 3 is 1.57 bits per heavy atom. The summed E-state index contributed by atoms with van der Waals surface area (Å²) in [7, 11) is 0. The molecule has 0 aliphatic heterocycles. The smallest absolute Gasteiger partial charge is 0.336 e. The number of ketones is 2.